The van der Waals surface area contributed by atoms with Gasteiger partial charge in [0.1, 0.15) is 12.4 Å². The normalized spacial score (nSPS) is 11.1. The average Bonchev–Trinajstić information content (AvgIpc) is 3.06. The lowest BCUT2D eigenvalue weighted by atomic mass is 9.91. The number of aromatic nitrogens is 2. The maximum absolute atomic E-state index is 13.0. The molecule has 1 N–H and O–H groups in total. The van der Waals surface area contributed by atoms with Crippen molar-refractivity contribution in [1.29, 1.82) is 0 Å². The molecule has 1 amide bonds. The van der Waals surface area contributed by atoms with E-state index in [2.05, 4.69) is 43.0 Å². The number of anilines is 1. The number of hydrogen-bond acceptors (Lipinski definition) is 7. The maximum atomic E-state index is 13.0. The van der Waals surface area contributed by atoms with Crippen LogP contribution in [0.15, 0.2) is 85.2 Å². The number of carbonyl (C=O) groups is 2. The van der Waals surface area contributed by atoms with Gasteiger partial charge < -0.3 is 14.2 Å². The third kappa shape index (κ3) is 11.0. The molecule has 242 valence electrons. The average molecular weight is 624 g/mol. The Hall–Kier alpha value is -4.72. The van der Waals surface area contributed by atoms with E-state index in [1.54, 1.807) is 30.6 Å². The predicted octanol–water partition coefficient (Wildman–Crippen LogP) is 9.64. The maximum Gasteiger partial charge on any atom is 0.412 e. The molecule has 0 atom stereocenters. The number of para-hydroxylation sites is 1. The summed E-state index contributed by atoms with van der Waals surface area (Å²) < 4.78 is 17.2. The van der Waals surface area contributed by atoms with E-state index in [0.29, 0.717) is 24.4 Å². The van der Waals surface area contributed by atoms with E-state index in [-0.39, 0.29) is 29.9 Å². The lowest BCUT2D eigenvalue weighted by Crippen LogP contribution is -2.17. The molecule has 4 rings (SSSR count). The second kappa shape index (κ2) is 17.1. The predicted molar refractivity (Wildman–Crippen MR) is 182 cm³/mol. The number of ether oxygens (including phenoxy) is 3. The standard InChI is InChI=1S/C38H45N3O5/c1-5-6-7-8-12-24-44-31-20-18-29(19-21-31)30-25-39-36(40-26-30)32-16-13-17-33(35(32)46-34(42)22-23-38(2,3)4)41-37(43)45-27-28-14-10-9-11-15-28/h9-11,13-21,25-26H,5-8,12,22-24,27H2,1-4H3,(H,41,43). The minimum Gasteiger partial charge on any atom is -0.494 e. The summed E-state index contributed by atoms with van der Waals surface area (Å²) in [6.07, 6.45) is 9.63. The molecule has 0 radical (unpaired) electrons. The van der Waals surface area contributed by atoms with E-state index in [1.165, 1.54) is 25.7 Å². The van der Waals surface area contributed by atoms with Gasteiger partial charge in [-0.05, 0) is 53.6 Å². The van der Waals surface area contributed by atoms with Crippen molar-refractivity contribution in [3.63, 3.8) is 0 Å². The van der Waals surface area contributed by atoms with Crippen LogP contribution in [0.4, 0.5) is 10.5 Å². The van der Waals surface area contributed by atoms with Crippen molar-refractivity contribution in [2.45, 2.75) is 79.2 Å². The molecule has 8 nitrogen and oxygen atoms in total. The third-order valence-electron chi connectivity index (χ3n) is 7.36. The molecule has 1 aromatic heterocycles. The van der Waals surface area contributed by atoms with Gasteiger partial charge in [-0.3, -0.25) is 10.1 Å². The molecule has 0 unspecified atom stereocenters. The fourth-order valence-corrected chi connectivity index (χ4v) is 4.69. The molecular weight excluding hydrogens is 578 g/mol. The quantitative estimate of drug-likeness (QED) is 0.0799. The highest BCUT2D eigenvalue weighted by Gasteiger charge is 2.21. The van der Waals surface area contributed by atoms with Crippen LogP contribution < -0.4 is 14.8 Å². The van der Waals surface area contributed by atoms with E-state index in [4.69, 9.17) is 14.2 Å². The van der Waals surface area contributed by atoms with Crippen LogP contribution in [-0.4, -0.2) is 28.6 Å². The molecule has 4 aromatic rings. The van der Waals surface area contributed by atoms with Crippen molar-refractivity contribution >= 4 is 17.7 Å². The van der Waals surface area contributed by atoms with Gasteiger partial charge in [0.05, 0.1) is 17.9 Å². The Morgan fingerprint density at radius 1 is 0.804 bits per heavy atom. The molecule has 0 aliphatic heterocycles. The molecule has 0 saturated carbocycles. The van der Waals surface area contributed by atoms with Gasteiger partial charge in [-0.15, -0.1) is 0 Å². The van der Waals surface area contributed by atoms with Gasteiger partial charge in [0.15, 0.2) is 11.6 Å². The monoisotopic (exact) mass is 623 g/mol. The molecule has 46 heavy (non-hydrogen) atoms. The highest BCUT2D eigenvalue weighted by molar-refractivity contribution is 5.91. The van der Waals surface area contributed by atoms with Crippen molar-refractivity contribution in [3.8, 4) is 34.0 Å². The van der Waals surface area contributed by atoms with E-state index in [0.717, 1.165) is 28.9 Å². The second-order valence-electron chi connectivity index (χ2n) is 12.5. The van der Waals surface area contributed by atoms with Crippen molar-refractivity contribution in [2.24, 2.45) is 5.41 Å². The van der Waals surface area contributed by atoms with E-state index in [1.807, 2.05) is 54.6 Å². The zero-order valence-electron chi connectivity index (χ0n) is 27.4. The molecule has 0 saturated heterocycles. The summed E-state index contributed by atoms with van der Waals surface area (Å²) in [5, 5.41) is 2.73. The Labute approximate surface area is 272 Å². The number of nitrogens with zero attached hydrogens (tertiary/aromatic N) is 2. The van der Waals surface area contributed by atoms with Crippen LogP contribution in [0.1, 0.15) is 78.2 Å². The lowest BCUT2D eigenvalue weighted by molar-refractivity contribution is -0.134. The first-order valence-corrected chi connectivity index (χ1v) is 16.1. The van der Waals surface area contributed by atoms with Crippen LogP contribution >= 0.6 is 0 Å². The Bertz CT molecular complexity index is 1530. The van der Waals surface area contributed by atoms with Crippen molar-refractivity contribution < 1.29 is 23.8 Å². The Morgan fingerprint density at radius 2 is 1.52 bits per heavy atom. The number of carbonyl (C=O) groups excluding carboxylic acids is 2. The summed E-state index contributed by atoms with van der Waals surface area (Å²) >= 11 is 0. The summed E-state index contributed by atoms with van der Waals surface area (Å²) in [6.45, 7) is 9.22. The first-order valence-electron chi connectivity index (χ1n) is 16.1. The SMILES string of the molecule is CCCCCCCOc1ccc(-c2cnc(-c3cccc(NC(=O)OCc4ccccc4)c3OC(=O)CCC(C)(C)C)nc2)cc1. The molecule has 3 aromatic carbocycles. The van der Waals surface area contributed by atoms with Gasteiger partial charge in [-0.2, -0.15) is 0 Å². The topological polar surface area (TPSA) is 99.6 Å². The smallest absolute Gasteiger partial charge is 0.412 e. The first kappa shape index (κ1) is 34.2. The van der Waals surface area contributed by atoms with Crippen LogP contribution in [0.3, 0.4) is 0 Å². The number of nitrogens with one attached hydrogen (secondary N) is 1. The number of rotatable bonds is 15. The van der Waals surface area contributed by atoms with E-state index < -0.39 is 12.1 Å². The number of benzene rings is 3. The molecule has 0 fully saturated rings. The van der Waals surface area contributed by atoms with Crippen LogP contribution in [0, 0.1) is 5.41 Å². The summed E-state index contributed by atoms with van der Waals surface area (Å²) in [4.78, 5) is 34.9. The minimum absolute atomic E-state index is 0.0433. The van der Waals surface area contributed by atoms with Gasteiger partial charge >= 0.3 is 12.1 Å². The molecule has 0 bridgehead atoms. The van der Waals surface area contributed by atoms with E-state index >= 15 is 0 Å². The van der Waals surface area contributed by atoms with Gasteiger partial charge in [0.25, 0.3) is 0 Å². The fourth-order valence-electron chi connectivity index (χ4n) is 4.69. The van der Waals surface area contributed by atoms with Gasteiger partial charge in [0, 0.05) is 24.4 Å². The number of esters is 1. The number of hydrogen-bond donors (Lipinski definition) is 1. The fraction of sp³-hybridized carbons (Fsp3) is 0.368. The van der Waals surface area contributed by atoms with Crippen LogP contribution in [0.2, 0.25) is 0 Å². The summed E-state index contributed by atoms with van der Waals surface area (Å²) in [7, 11) is 0. The second-order valence-corrected chi connectivity index (χ2v) is 12.5. The van der Waals surface area contributed by atoms with Gasteiger partial charge in [-0.1, -0.05) is 102 Å². The van der Waals surface area contributed by atoms with Crippen LogP contribution in [0.5, 0.6) is 11.5 Å². The molecule has 1 heterocycles. The van der Waals surface area contributed by atoms with Crippen molar-refractivity contribution in [2.75, 3.05) is 11.9 Å². The van der Waals surface area contributed by atoms with Crippen LogP contribution in [-0.2, 0) is 16.1 Å². The molecule has 8 heteroatoms. The summed E-state index contributed by atoms with van der Waals surface area (Å²) in [5.41, 5.74) is 3.35. The Kier molecular flexibility index (Phi) is 12.7. The Balaban J connectivity index is 1.49. The number of unbranched alkanes of at least 4 members (excludes halogenated alkanes) is 4. The Morgan fingerprint density at radius 3 is 2.22 bits per heavy atom. The molecular formula is C38H45N3O5. The molecule has 0 aliphatic carbocycles. The zero-order chi connectivity index (χ0) is 32.8. The largest absolute Gasteiger partial charge is 0.494 e. The highest BCUT2D eigenvalue weighted by atomic mass is 16.6. The van der Waals surface area contributed by atoms with Gasteiger partial charge in [0.2, 0.25) is 0 Å². The van der Waals surface area contributed by atoms with Crippen LogP contribution in [0.25, 0.3) is 22.5 Å². The van der Waals surface area contributed by atoms with Gasteiger partial charge in [-0.25, -0.2) is 14.8 Å². The van der Waals surface area contributed by atoms with E-state index in [9.17, 15) is 9.59 Å². The van der Waals surface area contributed by atoms with Crippen molar-refractivity contribution in [3.05, 3.63) is 90.8 Å². The third-order valence-corrected chi connectivity index (χ3v) is 7.36. The zero-order valence-corrected chi connectivity index (χ0v) is 27.4. The first-order chi connectivity index (χ1) is 22.2. The number of amides is 1. The highest BCUT2D eigenvalue weighted by Crippen LogP contribution is 2.36. The van der Waals surface area contributed by atoms with Crippen molar-refractivity contribution in [1.82, 2.24) is 9.97 Å². The lowest BCUT2D eigenvalue weighted by Gasteiger charge is -2.18. The molecule has 0 aliphatic rings. The summed E-state index contributed by atoms with van der Waals surface area (Å²) in [6, 6.07) is 22.4. The minimum atomic E-state index is -0.673. The summed E-state index contributed by atoms with van der Waals surface area (Å²) in [5.74, 6) is 0.943. The molecule has 0 spiro atoms.